The molecule has 1 unspecified atom stereocenters. The molecule has 0 aliphatic carbocycles. The number of alkyl halides is 3. The Kier molecular flexibility index (Phi) is 1.92. The summed E-state index contributed by atoms with van der Waals surface area (Å²) in [5, 5.41) is 0. The van der Waals surface area contributed by atoms with Crippen LogP contribution in [0.15, 0.2) is 6.07 Å². The van der Waals surface area contributed by atoms with Gasteiger partial charge in [-0.05, 0) is 0 Å². The van der Waals surface area contributed by atoms with E-state index in [9.17, 15) is 13.2 Å². The molecule has 82 valence electrons. The molecule has 0 aromatic carbocycles. The summed E-state index contributed by atoms with van der Waals surface area (Å²) in [6.45, 7) is 0. The number of halogens is 3. The zero-order chi connectivity index (χ0) is 11.2. The molecule has 1 aromatic heterocycles. The first-order valence-corrected chi connectivity index (χ1v) is 4.16. The number of fused-ring (bicyclic) bond motifs is 1. The van der Waals surface area contributed by atoms with Crippen LogP contribution in [0.3, 0.4) is 0 Å². The standard InChI is InChI=1S/C8H8F3N3O/c9-8(10,11)5-1-3-4(12)2-6(13)14-7(3)15-5/h2,5H,1H2,(H4,12,13,14). The van der Waals surface area contributed by atoms with E-state index in [4.69, 9.17) is 11.5 Å². The van der Waals surface area contributed by atoms with Crippen molar-refractivity contribution in [1.82, 2.24) is 4.98 Å². The third-order valence-electron chi connectivity index (χ3n) is 2.15. The molecule has 1 aliphatic heterocycles. The summed E-state index contributed by atoms with van der Waals surface area (Å²) >= 11 is 0. The fraction of sp³-hybridized carbons (Fsp3) is 0.375. The first kappa shape index (κ1) is 9.88. The predicted octanol–water partition coefficient (Wildman–Crippen LogP) is 1.11. The van der Waals surface area contributed by atoms with E-state index in [1.165, 1.54) is 6.07 Å². The van der Waals surface area contributed by atoms with Gasteiger partial charge in [-0.3, -0.25) is 0 Å². The van der Waals surface area contributed by atoms with Crippen LogP contribution in [0.4, 0.5) is 24.7 Å². The number of aromatic nitrogens is 1. The Bertz CT molecular complexity index is 405. The van der Waals surface area contributed by atoms with Crippen LogP contribution in [0.5, 0.6) is 5.88 Å². The lowest BCUT2D eigenvalue weighted by Gasteiger charge is -2.13. The van der Waals surface area contributed by atoms with E-state index in [0.29, 0.717) is 0 Å². The molecule has 15 heavy (non-hydrogen) atoms. The Balaban J connectivity index is 2.35. The van der Waals surface area contributed by atoms with Crippen molar-refractivity contribution >= 4 is 11.5 Å². The summed E-state index contributed by atoms with van der Waals surface area (Å²) in [6.07, 6.45) is -6.59. The number of rotatable bonds is 0. The molecule has 2 rings (SSSR count). The Morgan fingerprint density at radius 2 is 2.07 bits per heavy atom. The highest BCUT2D eigenvalue weighted by atomic mass is 19.4. The van der Waals surface area contributed by atoms with Crippen LogP contribution in [0.25, 0.3) is 0 Å². The number of anilines is 2. The molecule has 1 aromatic rings. The maximum Gasteiger partial charge on any atom is 0.425 e. The number of hydrogen-bond acceptors (Lipinski definition) is 4. The summed E-state index contributed by atoms with van der Waals surface area (Å²) in [6, 6.07) is 1.32. The molecule has 0 radical (unpaired) electrons. The van der Waals surface area contributed by atoms with Crippen LogP contribution in [-0.2, 0) is 6.42 Å². The van der Waals surface area contributed by atoms with E-state index >= 15 is 0 Å². The van der Waals surface area contributed by atoms with Gasteiger partial charge in [-0.1, -0.05) is 0 Å². The van der Waals surface area contributed by atoms with Crippen molar-refractivity contribution in [3.63, 3.8) is 0 Å². The van der Waals surface area contributed by atoms with Crippen LogP contribution < -0.4 is 16.2 Å². The van der Waals surface area contributed by atoms with Crippen molar-refractivity contribution in [2.75, 3.05) is 11.5 Å². The van der Waals surface area contributed by atoms with Gasteiger partial charge in [0.2, 0.25) is 5.88 Å². The van der Waals surface area contributed by atoms with Gasteiger partial charge < -0.3 is 16.2 Å². The molecule has 7 heteroatoms. The smallest absolute Gasteiger partial charge is 0.425 e. The monoisotopic (exact) mass is 219 g/mol. The Labute approximate surface area is 83.0 Å². The van der Waals surface area contributed by atoms with Crippen LogP contribution in [0.1, 0.15) is 5.56 Å². The predicted molar refractivity (Wildman–Crippen MR) is 47.2 cm³/mol. The molecule has 0 bridgehead atoms. The van der Waals surface area contributed by atoms with Crippen molar-refractivity contribution < 1.29 is 17.9 Å². The van der Waals surface area contributed by atoms with Crippen molar-refractivity contribution in [1.29, 1.82) is 0 Å². The van der Waals surface area contributed by atoms with Gasteiger partial charge in [-0.2, -0.15) is 18.2 Å². The third kappa shape index (κ3) is 1.64. The molecule has 4 N–H and O–H groups in total. The first-order valence-electron chi connectivity index (χ1n) is 4.16. The van der Waals surface area contributed by atoms with Crippen LogP contribution in [0.2, 0.25) is 0 Å². The van der Waals surface area contributed by atoms with Crippen molar-refractivity contribution in [2.24, 2.45) is 0 Å². The summed E-state index contributed by atoms with van der Waals surface area (Å²) < 4.78 is 41.6. The number of ether oxygens (including phenoxy) is 1. The molecule has 1 atom stereocenters. The highest BCUT2D eigenvalue weighted by Crippen LogP contribution is 2.38. The molecule has 0 saturated carbocycles. The number of pyridine rings is 1. The normalized spacial score (nSPS) is 19.8. The molecule has 4 nitrogen and oxygen atoms in total. The number of nitrogen functional groups attached to an aromatic ring is 2. The van der Waals surface area contributed by atoms with Gasteiger partial charge in [0, 0.05) is 23.7 Å². The number of hydrogen-bond donors (Lipinski definition) is 2. The molecule has 2 heterocycles. The Hall–Kier alpha value is -1.66. The maximum atomic E-state index is 12.3. The highest BCUT2D eigenvalue weighted by Gasteiger charge is 2.46. The van der Waals surface area contributed by atoms with E-state index < -0.39 is 12.3 Å². The second-order valence-corrected chi connectivity index (χ2v) is 3.27. The molecular formula is C8H8F3N3O. The minimum Gasteiger partial charge on any atom is -0.464 e. The van der Waals surface area contributed by atoms with Gasteiger partial charge >= 0.3 is 6.18 Å². The Morgan fingerprint density at radius 3 is 2.67 bits per heavy atom. The van der Waals surface area contributed by atoms with Gasteiger partial charge in [0.1, 0.15) is 5.82 Å². The highest BCUT2D eigenvalue weighted by molar-refractivity contribution is 5.59. The minimum atomic E-state index is -4.41. The summed E-state index contributed by atoms with van der Waals surface area (Å²) in [4.78, 5) is 3.65. The van der Waals surface area contributed by atoms with Gasteiger partial charge in [-0.25, -0.2) is 0 Å². The fourth-order valence-corrected chi connectivity index (χ4v) is 1.43. The van der Waals surface area contributed by atoms with Crippen molar-refractivity contribution in [3.05, 3.63) is 11.6 Å². The lowest BCUT2D eigenvalue weighted by molar-refractivity contribution is -0.189. The van der Waals surface area contributed by atoms with Crippen molar-refractivity contribution in [2.45, 2.75) is 18.7 Å². The van der Waals surface area contributed by atoms with Gasteiger partial charge in [0.05, 0.1) is 0 Å². The average Bonchev–Trinajstić information content (AvgIpc) is 2.46. The van der Waals surface area contributed by atoms with Gasteiger partial charge in [0.15, 0.2) is 6.10 Å². The number of nitrogens with zero attached hydrogens (tertiary/aromatic N) is 1. The molecule has 0 amide bonds. The van der Waals surface area contributed by atoms with E-state index in [2.05, 4.69) is 9.72 Å². The molecule has 0 saturated heterocycles. The molecule has 0 fully saturated rings. The average molecular weight is 219 g/mol. The van der Waals surface area contributed by atoms with Gasteiger partial charge in [-0.15, -0.1) is 0 Å². The maximum absolute atomic E-state index is 12.3. The van der Waals surface area contributed by atoms with E-state index in [1.54, 1.807) is 0 Å². The SMILES string of the molecule is Nc1cc(N)c2c(n1)OC(C(F)(F)F)C2. The third-order valence-corrected chi connectivity index (χ3v) is 2.15. The lowest BCUT2D eigenvalue weighted by Crippen LogP contribution is -2.32. The lowest BCUT2D eigenvalue weighted by atomic mass is 10.1. The topological polar surface area (TPSA) is 74.2 Å². The van der Waals surface area contributed by atoms with Crippen molar-refractivity contribution in [3.8, 4) is 5.88 Å². The zero-order valence-corrected chi connectivity index (χ0v) is 7.51. The number of nitrogens with two attached hydrogens (primary N) is 2. The Morgan fingerprint density at radius 1 is 1.40 bits per heavy atom. The second-order valence-electron chi connectivity index (χ2n) is 3.27. The molecule has 1 aliphatic rings. The van der Waals surface area contributed by atoms with Gasteiger partial charge in [0.25, 0.3) is 0 Å². The van der Waals surface area contributed by atoms with Crippen LogP contribution in [0, 0.1) is 0 Å². The van der Waals surface area contributed by atoms with E-state index in [-0.39, 0.29) is 29.4 Å². The van der Waals surface area contributed by atoms with Crippen LogP contribution >= 0.6 is 0 Å². The summed E-state index contributed by atoms with van der Waals surface area (Å²) in [5.74, 6) is -0.0658. The largest absolute Gasteiger partial charge is 0.464 e. The fourth-order valence-electron chi connectivity index (χ4n) is 1.43. The summed E-state index contributed by atoms with van der Waals surface area (Å²) in [5.41, 5.74) is 11.3. The minimum absolute atomic E-state index is 0.0501. The summed E-state index contributed by atoms with van der Waals surface area (Å²) in [7, 11) is 0. The quantitative estimate of drug-likeness (QED) is 0.685. The zero-order valence-electron chi connectivity index (χ0n) is 7.51. The van der Waals surface area contributed by atoms with E-state index in [0.717, 1.165) is 0 Å². The molecular weight excluding hydrogens is 211 g/mol. The first-order chi connectivity index (χ1) is 6.88. The second kappa shape index (κ2) is 2.91. The van der Waals surface area contributed by atoms with E-state index in [1.807, 2.05) is 0 Å². The molecule has 0 spiro atoms. The van der Waals surface area contributed by atoms with Crippen LogP contribution in [-0.4, -0.2) is 17.3 Å².